The molecule has 51 heavy (non-hydrogen) atoms. The van der Waals surface area contributed by atoms with E-state index in [4.69, 9.17) is 25.7 Å². The van der Waals surface area contributed by atoms with Crippen LogP contribution in [0.25, 0.3) is 0 Å². The van der Waals surface area contributed by atoms with Gasteiger partial charge in [-0.1, -0.05) is 6.07 Å². The van der Waals surface area contributed by atoms with Crippen LogP contribution in [-0.2, 0) is 0 Å². The summed E-state index contributed by atoms with van der Waals surface area (Å²) < 4.78 is 17.7. The van der Waals surface area contributed by atoms with Crippen LogP contribution in [0.3, 0.4) is 0 Å². The topological polar surface area (TPSA) is 158 Å². The van der Waals surface area contributed by atoms with Gasteiger partial charge in [-0.3, -0.25) is 19.3 Å². The number of benzene rings is 6. The van der Waals surface area contributed by atoms with Crippen molar-refractivity contribution in [3.63, 3.8) is 0 Å². The lowest BCUT2D eigenvalue weighted by molar-refractivity contribution is 0.0917. The van der Waals surface area contributed by atoms with Crippen molar-refractivity contribution in [3.05, 3.63) is 156 Å². The fourth-order valence-electron chi connectivity index (χ4n) is 5.98. The van der Waals surface area contributed by atoms with Crippen molar-refractivity contribution >= 4 is 40.5 Å². The standard InChI is InChI=1S/C40H28N4O7/c41-23-1-9-27(10-2-23)49-29-13-5-25(6-14-29)43-37(45)33-19-17-31(21-35(33)39(43)47)51-32-18-20-34-36(22-32)40(48)44(38(34)46)26-7-15-30(16-8-26)50-28-11-3-24(42)4-12-28/h1-22,37,45H,41-42H2. The first-order chi connectivity index (χ1) is 24.7. The van der Waals surface area contributed by atoms with E-state index in [1.807, 2.05) is 0 Å². The van der Waals surface area contributed by atoms with Crippen molar-refractivity contribution < 1.29 is 33.7 Å². The number of fused-ring (bicyclic) bond motifs is 2. The number of hydrogen-bond acceptors (Lipinski definition) is 9. The largest absolute Gasteiger partial charge is 0.457 e. The minimum Gasteiger partial charge on any atom is -0.457 e. The Kier molecular flexibility index (Phi) is 7.58. The fraction of sp³-hybridized carbons (Fsp3) is 0.0250. The maximum Gasteiger partial charge on any atom is 0.266 e. The van der Waals surface area contributed by atoms with E-state index in [2.05, 4.69) is 0 Å². The number of hydrogen-bond donors (Lipinski definition) is 3. The summed E-state index contributed by atoms with van der Waals surface area (Å²) in [7, 11) is 0. The van der Waals surface area contributed by atoms with Gasteiger partial charge < -0.3 is 30.8 Å². The first-order valence-corrected chi connectivity index (χ1v) is 15.8. The Morgan fingerprint density at radius 1 is 0.451 bits per heavy atom. The normalized spacial score (nSPS) is 14.8. The molecule has 1 unspecified atom stereocenters. The van der Waals surface area contributed by atoms with Gasteiger partial charge in [-0.15, -0.1) is 0 Å². The van der Waals surface area contributed by atoms with Gasteiger partial charge in [0.25, 0.3) is 17.7 Å². The molecule has 0 aliphatic carbocycles. The third-order valence-electron chi connectivity index (χ3n) is 8.53. The fourth-order valence-corrected chi connectivity index (χ4v) is 5.98. The minimum atomic E-state index is -1.21. The molecule has 0 saturated heterocycles. The number of ether oxygens (including phenoxy) is 3. The van der Waals surface area contributed by atoms with E-state index >= 15 is 0 Å². The molecule has 8 rings (SSSR count). The molecular weight excluding hydrogens is 648 g/mol. The van der Waals surface area contributed by atoms with Crippen LogP contribution in [0, 0.1) is 0 Å². The number of aliphatic hydroxyl groups excluding tert-OH is 1. The second-order valence-electron chi connectivity index (χ2n) is 11.9. The molecule has 0 aromatic heterocycles. The van der Waals surface area contributed by atoms with Crippen LogP contribution in [-0.4, -0.2) is 22.8 Å². The predicted molar refractivity (Wildman–Crippen MR) is 191 cm³/mol. The lowest BCUT2D eigenvalue weighted by Crippen LogP contribution is -2.29. The summed E-state index contributed by atoms with van der Waals surface area (Å²) in [6.07, 6.45) is -1.21. The van der Waals surface area contributed by atoms with E-state index in [1.165, 1.54) is 17.0 Å². The summed E-state index contributed by atoms with van der Waals surface area (Å²) in [5.74, 6) is 1.51. The molecule has 0 radical (unpaired) electrons. The monoisotopic (exact) mass is 676 g/mol. The van der Waals surface area contributed by atoms with Crippen molar-refractivity contribution in [1.29, 1.82) is 0 Å². The maximum atomic E-state index is 13.5. The molecule has 6 aromatic rings. The summed E-state index contributed by atoms with van der Waals surface area (Å²) in [4.78, 5) is 42.6. The zero-order chi connectivity index (χ0) is 35.2. The van der Waals surface area contributed by atoms with Crippen molar-refractivity contribution in [2.45, 2.75) is 6.23 Å². The highest BCUT2D eigenvalue weighted by Crippen LogP contribution is 2.40. The Morgan fingerprint density at radius 3 is 1.41 bits per heavy atom. The molecule has 6 aromatic carbocycles. The molecule has 0 saturated carbocycles. The minimum absolute atomic E-state index is 0.183. The molecule has 2 heterocycles. The van der Waals surface area contributed by atoms with Crippen LogP contribution in [0.15, 0.2) is 133 Å². The van der Waals surface area contributed by atoms with Crippen LogP contribution in [0.1, 0.15) is 42.9 Å². The van der Waals surface area contributed by atoms with E-state index in [1.54, 1.807) is 121 Å². The predicted octanol–water partition coefficient (Wildman–Crippen LogP) is 7.68. The van der Waals surface area contributed by atoms with Crippen LogP contribution >= 0.6 is 0 Å². The van der Waals surface area contributed by atoms with Gasteiger partial charge >= 0.3 is 0 Å². The molecular formula is C40H28N4O7. The number of anilines is 4. The lowest BCUT2D eigenvalue weighted by atomic mass is 10.1. The summed E-state index contributed by atoms with van der Waals surface area (Å²) in [6.45, 7) is 0. The van der Waals surface area contributed by atoms with Crippen molar-refractivity contribution in [1.82, 2.24) is 0 Å². The van der Waals surface area contributed by atoms with Crippen molar-refractivity contribution in [3.8, 4) is 34.5 Å². The van der Waals surface area contributed by atoms with Gasteiger partial charge in [-0.2, -0.15) is 0 Å². The Labute approximate surface area is 291 Å². The zero-order valence-corrected chi connectivity index (χ0v) is 26.7. The second kappa shape index (κ2) is 12.4. The third-order valence-corrected chi connectivity index (χ3v) is 8.53. The molecule has 2 aliphatic rings. The smallest absolute Gasteiger partial charge is 0.266 e. The summed E-state index contributed by atoms with van der Waals surface area (Å²) in [5, 5.41) is 11.1. The van der Waals surface area contributed by atoms with Gasteiger partial charge in [-0.25, -0.2) is 4.90 Å². The van der Waals surface area contributed by atoms with Crippen molar-refractivity contribution in [2.24, 2.45) is 0 Å². The number of nitrogens with two attached hydrogens (primary N) is 2. The first-order valence-electron chi connectivity index (χ1n) is 15.8. The van der Waals surface area contributed by atoms with Crippen molar-refractivity contribution in [2.75, 3.05) is 21.3 Å². The van der Waals surface area contributed by atoms with Crippen LogP contribution < -0.4 is 35.5 Å². The number of carbonyl (C=O) groups excluding carboxylic acids is 3. The number of rotatable bonds is 8. The average molecular weight is 677 g/mol. The van der Waals surface area contributed by atoms with Gasteiger partial charge in [-0.05, 0) is 127 Å². The summed E-state index contributed by atoms with van der Waals surface area (Å²) in [5.41, 5.74) is 14.7. The molecule has 3 amide bonds. The van der Waals surface area contributed by atoms with Gasteiger partial charge in [0.15, 0.2) is 6.23 Å². The highest BCUT2D eigenvalue weighted by atomic mass is 16.5. The van der Waals surface area contributed by atoms with Crippen LogP contribution in [0.4, 0.5) is 22.7 Å². The number of amides is 3. The highest BCUT2D eigenvalue weighted by Gasteiger charge is 2.38. The Bertz CT molecular complexity index is 2320. The number of nitrogen functional groups attached to an aromatic ring is 2. The molecule has 0 spiro atoms. The zero-order valence-electron chi connectivity index (χ0n) is 26.7. The van der Waals surface area contributed by atoms with Gasteiger partial charge in [0.1, 0.15) is 34.5 Å². The second-order valence-corrected chi connectivity index (χ2v) is 11.9. The van der Waals surface area contributed by atoms with E-state index in [-0.39, 0.29) is 16.7 Å². The highest BCUT2D eigenvalue weighted by molar-refractivity contribution is 6.34. The lowest BCUT2D eigenvalue weighted by Gasteiger charge is -2.21. The Balaban J connectivity index is 0.959. The van der Waals surface area contributed by atoms with E-state index in [0.29, 0.717) is 62.8 Å². The van der Waals surface area contributed by atoms with Crippen LogP contribution in [0.2, 0.25) is 0 Å². The van der Waals surface area contributed by atoms with Crippen LogP contribution in [0.5, 0.6) is 34.5 Å². The molecule has 5 N–H and O–H groups in total. The Hall–Kier alpha value is -7.11. The summed E-state index contributed by atoms with van der Waals surface area (Å²) in [6, 6.07) is 36.7. The number of aliphatic hydroxyl groups is 1. The SMILES string of the molecule is Nc1ccc(Oc2ccc(N3C(=O)c4ccc(Oc5ccc6c(c5)C(=O)N(c5ccc(Oc7ccc(N)cc7)cc5)C6O)cc4C3=O)cc2)cc1. The van der Waals surface area contributed by atoms with E-state index in [0.717, 1.165) is 4.90 Å². The van der Waals surface area contributed by atoms with E-state index in [9.17, 15) is 19.5 Å². The maximum absolute atomic E-state index is 13.5. The van der Waals surface area contributed by atoms with Gasteiger partial charge in [0, 0.05) is 22.6 Å². The number of carbonyl (C=O) groups is 3. The van der Waals surface area contributed by atoms with Gasteiger partial charge in [0.05, 0.1) is 22.4 Å². The first kappa shape index (κ1) is 31.2. The third kappa shape index (κ3) is 5.83. The average Bonchev–Trinajstić information content (AvgIpc) is 3.54. The molecule has 0 bridgehead atoms. The molecule has 11 nitrogen and oxygen atoms in total. The molecule has 250 valence electrons. The number of nitrogens with zero attached hydrogens (tertiary/aromatic N) is 2. The molecule has 0 fully saturated rings. The molecule has 11 heteroatoms. The Morgan fingerprint density at radius 2 is 0.863 bits per heavy atom. The number of imide groups is 1. The van der Waals surface area contributed by atoms with E-state index < -0.39 is 23.9 Å². The summed E-state index contributed by atoms with van der Waals surface area (Å²) >= 11 is 0. The quantitative estimate of drug-likeness (QED) is 0.109. The molecule has 2 aliphatic heterocycles. The van der Waals surface area contributed by atoms with Gasteiger partial charge in [0.2, 0.25) is 0 Å². The molecule has 1 atom stereocenters.